The maximum Gasteiger partial charge on any atom is 0.351 e. The second kappa shape index (κ2) is 5.87. The molecule has 1 N–H and O–H groups in total. The quantitative estimate of drug-likeness (QED) is 0.633. The molecule has 11 nitrogen and oxygen atoms in total. The van der Waals surface area contributed by atoms with Crippen LogP contribution >= 0.6 is 0 Å². The van der Waals surface area contributed by atoms with Crippen molar-refractivity contribution in [2.24, 2.45) is 14.1 Å². The molecular formula is C13H12N8O3. The summed E-state index contributed by atoms with van der Waals surface area (Å²) in [6.07, 6.45) is 0. The summed E-state index contributed by atoms with van der Waals surface area (Å²) in [6.45, 7) is 0. The van der Waals surface area contributed by atoms with Crippen molar-refractivity contribution in [2.45, 2.75) is 0 Å². The molecule has 0 saturated carbocycles. The van der Waals surface area contributed by atoms with Crippen LogP contribution in [0, 0.1) is 0 Å². The van der Waals surface area contributed by atoms with Crippen molar-refractivity contribution in [3.63, 3.8) is 0 Å². The Balaban J connectivity index is 2.12. The third-order valence-electron chi connectivity index (χ3n) is 3.20. The number of benzene rings is 1. The van der Waals surface area contributed by atoms with Gasteiger partial charge in [0.25, 0.3) is 11.5 Å². The van der Waals surface area contributed by atoms with Gasteiger partial charge in [0.1, 0.15) is 0 Å². The smallest absolute Gasteiger partial charge is 0.288 e. The lowest BCUT2D eigenvalue weighted by Crippen LogP contribution is -2.43. The number of rotatable bonds is 3. The fourth-order valence-corrected chi connectivity index (χ4v) is 2.02. The number of aromatic nitrogens is 7. The summed E-state index contributed by atoms with van der Waals surface area (Å²) >= 11 is 0. The van der Waals surface area contributed by atoms with E-state index in [1.807, 2.05) is 0 Å². The van der Waals surface area contributed by atoms with Crippen LogP contribution in [0.1, 0.15) is 10.5 Å². The van der Waals surface area contributed by atoms with E-state index in [0.29, 0.717) is 5.69 Å². The van der Waals surface area contributed by atoms with Gasteiger partial charge in [-0.2, -0.15) is 5.10 Å². The number of hydrogen-bond acceptors (Lipinski definition) is 7. The molecule has 122 valence electrons. The van der Waals surface area contributed by atoms with Gasteiger partial charge in [-0.3, -0.25) is 14.9 Å². The number of tetrazole rings is 1. The second-order valence-electron chi connectivity index (χ2n) is 4.81. The lowest BCUT2D eigenvalue weighted by atomic mass is 10.3. The summed E-state index contributed by atoms with van der Waals surface area (Å²) in [6, 6.07) is 8.25. The minimum atomic E-state index is -0.836. The first kappa shape index (κ1) is 15.3. The zero-order chi connectivity index (χ0) is 17.3. The Labute approximate surface area is 134 Å². The van der Waals surface area contributed by atoms with E-state index in [9.17, 15) is 14.4 Å². The van der Waals surface area contributed by atoms with Crippen molar-refractivity contribution < 1.29 is 4.79 Å². The first-order chi connectivity index (χ1) is 11.5. The molecule has 0 aliphatic heterocycles. The lowest BCUT2D eigenvalue weighted by molar-refractivity contribution is 0.101. The minimum absolute atomic E-state index is 0.0429. The zero-order valence-corrected chi connectivity index (χ0v) is 12.7. The third-order valence-corrected chi connectivity index (χ3v) is 3.20. The van der Waals surface area contributed by atoms with Crippen LogP contribution in [0.25, 0.3) is 5.69 Å². The molecule has 0 unspecified atom stereocenters. The highest BCUT2D eigenvalue weighted by molar-refractivity contribution is 6.01. The van der Waals surface area contributed by atoms with Gasteiger partial charge in [-0.1, -0.05) is 23.3 Å². The zero-order valence-electron chi connectivity index (χ0n) is 12.7. The first-order valence-electron chi connectivity index (χ1n) is 6.78. The molecule has 3 rings (SSSR count). The fraction of sp³-hybridized carbons (Fsp3) is 0.154. The van der Waals surface area contributed by atoms with E-state index >= 15 is 0 Å². The number of carbonyl (C=O) groups excluding carboxylic acids is 1. The highest BCUT2D eigenvalue weighted by Crippen LogP contribution is 2.02. The summed E-state index contributed by atoms with van der Waals surface area (Å²) < 4.78 is 3.00. The van der Waals surface area contributed by atoms with Gasteiger partial charge in [0, 0.05) is 14.1 Å². The highest BCUT2D eigenvalue weighted by Gasteiger charge is 2.20. The molecule has 3 aromatic rings. The first-order valence-corrected chi connectivity index (χ1v) is 6.78. The van der Waals surface area contributed by atoms with Crippen molar-refractivity contribution in [1.29, 1.82) is 0 Å². The Morgan fingerprint density at radius 2 is 1.79 bits per heavy atom. The molecule has 2 heterocycles. The van der Waals surface area contributed by atoms with Crippen molar-refractivity contribution >= 4 is 11.9 Å². The van der Waals surface area contributed by atoms with Crippen molar-refractivity contribution in [3.8, 4) is 5.69 Å². The molecule has 24 heavy (non-hydrogen) atoms. The molecule has 1 amide bonds. The second-order valence-corrected chi connectivity index (χ2v) is 4.81. The number of nitrogens with one attached hydrogen (secondary N) is 1. The van der Waals surface area contributed by atoms with Gasteiger partial charge >= 0.3 is 5.69 Å². The van der Waals surface area contributed by atoms with Gasteiger partial charge in [0.15, 0.2) is 0 Å². The monoisotopic (exact) mass is 328 g/mol. The maximum absolute atomic E-state index is 12.6. The van der Waals surface area contributed by atoms with Crippen molar-refractivity contribution in [2.75, 3.05) is 5.32 Å². The van der Waals surface area contributed by atoms with E-state index in [2.05, 4.69) is 25.9 Å². The summed E-state index contributed by atoms with van der Waals surface area (Å²) in [5.74, 6) is -0.778. The minimum Gasteiger partial charge on any atom is -0.288 e. The number of para-hydroxylation sites is 1. The molecule has 0 fully saturated rings. The van der Waals surface area contributed by atoms with Crippen molar-refractivity contribution in [3.05, 3.63) is 56.9 Å². The number of carbonyl (C=O) groups is 1. The molecule has 0 bridgehead atoms. The summed E-state index contributed by atoms with van der Waals surface area (Å²) in [5.41, 5.74) is -1.62. The van der Waals surface area contributed by atoms with Gasteiger partial charge in [-0.05, 0) is 22.6 Å². The summed E-state index contributed by atoms with van der Waals surface area (Å²) in [5, 5.41) is 16.7. The molecule has 0 aliphatic carbocycles. The van der Waals surface area contributed by atoms with Gasteiger partial charge in [0.2, 0.25) is 11.6 Å². The maximum atomic E-state index is 12.6. The van der Waals surface area contributed by atoms with E-state index in [4.69, 9.17) is 0 Å². The molecule has 1 aromatic carbocycles. The standard InChI is InChI=1S/C13H12N8O3/c1-19-12(15-17-18-19)14-10(22)9-11(23)21(13(24)20(2)16-9)8-6-4-3-5-7-8/h3-7H,1-2H3,(H,14,15,18,22). The van der Waals surface area contributed by atoms with Crippen LogP contribution < -0.4 is 16.6 Å². The largest absolute Gasteiger partial charge is 0.351 e. The lowest BCUT2D eigenvalue weighted by Gasteiger charge is -2.09. The van der Waals surface area contributed by atoms with Gasteiger partial charge in [-0.15, -0.1) is 0 Å². The molecule has 2 aromatic heterocycles. The highest BCUT2D eigenvalue weighted by atomic mass is 16.2. The Bertz CT molecular complexity index is 1020. The van der Waals surface area contributed by atoms with Gasteiger partial charge < -0.3 is 0 Å². The topological polar surface area (TPSA) is 130 Å². The number of hydrogen-bond donors (Lipinski definition) is 1. The fourth-order valence-electron chi connectivity index (χ4n) is 2.02. The normalized spacial score (nSPS) is 10.6. The molecular weight excluding hydrogens is 316 g/mol. The number of anilines is 1. The van der Waals surface area contributed by atoms with Crippen molar-refractivity contribution in [1.82, 2.24) is 34.6 Å². The van der Waals surface area contributed by atoms with E-state index in [0.717, 1.165) is 9.25 Å². The molecule has 0 radical (unpaired) electrons. The van der Waals surface area contributed by atoms with Crippen LogP contribution in [0.4, 0.5) is 5.95 Å². The Morgan fingerprint density at radius 1 is 1.08 bits per heavy atom. The van der Waals surface area contributed by atoms with Crippen LogP contribution in [-0.4, -0.2) is 40.5 Å². The van der Waals surface area contributed by atoms with Crippen LogP contribution in [0.15, 0.2) is 39.9 Å². The van der Waals surface area contributed by atoms with E-state index in [1.54, 1.807) is 30.3 Å². The molecule has 0 saturated heterocycles. The molecule has 11 heteroatoms. The molecule has 0 aliphatic rings. The Kier molecular flexibility index (Phi) is 3.74. The van der Waals surface area contributed by atoms with Crippen LogP contribution in [0.5, 0.6) is 0 Å². The predicted molar refractivity (Wildman–Crippen MR) is 81.8 cm³/mol. The average Bonchev–Trinajstić information content (AvgIpc) is 2.97. The molecule has 0 atom stereocenters. The Morgan fingerprint density at radius 3 is 2.42 bits per heavy atom. The van der Waals surface area contributed by atoms with E-state index < -0.39 is 22.9 Å². The SMILES string of the molecule is Cn1nnnc1NC(=O)c1nn(C)c(=O)n(-c2ccccc2)c1=O. The summed E-state index contributed by atoms with van der Waals surface area (Å²) in [7, 11) is 2.87. The van der Waals surface area contributed by atoms with E-state index in [-0.39, 0.29) is 5.95 Å². The number of nitrogens with zero attached hydrogens (tertiary/aromatic N) is 7. The van der Waals surface area contributed by atoms with Gasteiger partial charge in [-0.25, -0.2) is 18.7 Å². The number of amides is 1. The predicted octanol–water partition coefficient (Wildman–Crippen LogP) is -1.29. The van der Waals surface area contributed by atoms with E-state index in [1.165, 1.54) is 18.8 Å². The Hall–Kier alpha value is -3.63. The third kappa shape index (κ3) is 2.58. The number of aryl methyl sites for hydroxylation is 2. The van der Waals surface area contributed by atoms with Crippen LogP contribution in [0.2, 0.25) is 0 Å². The van der Waals surface area contributed by atoms with Crippen LogP contribution in [-0.2, 0) is 14.1 Å². The van der Waals surface area contributed by atoms with Gasteiger partial charge in [0.05, 0.1) is 5.69 Å². The average molecular weight is 328 g/mol. The molecule has 0 spiro atoms. The van der Waals surface area contributed by atoms with Crippen LogP contribution in [0.3, 0.4) is 0 Å². The summed E-state index contributed by atoms with van der Waals surface area (Å²) in [4.78, 5) is 37.1.